The quantitative estimate of drug-likeness (QED) is 0.737. The van der Waals surface area contributed by atoms with Gasteiger partial charge in [-0.3, -0.25) is 0 Å². The zero-order valence-electron chi connectivity index (χ0n) is 9.56. The summed E-state index contributed by atoms with van der Waals surface area (Å²) in [6.45, 7) is 2.41. The molecule has 0 aromatic rings. The van der Waals surface area contributed by atoms with E-state index in [2.05, 4.69) is 5.32 Å². The molecule has 2 rings (SSSR count). The van der Waals surface area contributed by atoms with Gasteiger partial charge in [-0.2, -0.15) is 12.7 Å². The largest absolute Gasteiger partial charge is 0.317 e. The fourth-order valence-electron chi connectivity index (χ4n) is 2.49. The Labute approximate surface area is 97.6 Å². The fraction of sp³-hybridized carbons (Fsp3) is 1.00. The number of nitrogens with zero attached hydrogens (tertiary/aromatic N) is 1. The van der Waals surface area contributed by atoms with Crippen LogP contribution in [0.15, 0.2) is 0 Å². The Morgan fingerprint density at radius 3 is 2.25 bits per heavy atom. The fourth-order valence-corrected chi connectivity index (χ4v) is 3.53. The first-order valence-corrected chi connectivity index (χ1v) is 7.58. The summed E-state index contributed by atoms with van der Waals surface area (Å²) in [6.07, 6.45) is 5.29. The minimum atomic E-state index is -3.53. The van der Waals surface area contributed by atoms with Gasteiger partial charge in [0.05, 0.1) is 0 Å². The summed E-state index contributed by atoms with van der Waals surface area (Å²) in [5.74, 6) is 0.535. The predicted molar refractivity (Wildman–Crippen MR) is 63.0 cm³/mol. The van der Waals surface area contributed by atoms with E-state index in [0.717, 1.165) is 38.8 Å². The highest BCUT2D eigenvalue weighted by Gasteiger charge is 2.32. The lowest BCUT2D eigenvalue weighted by molar-refractivity contribution is 0.189. The van der Waals surface area contributed by atoms with E-state index in [9.17, 15) is 8.42 Å². The number of hydrogen-bond donors (Lipinski definition) is 2. The molecule has 0 atom stereocenters. The Morgan fingerprint density at radius 1 is 1.19 bits per heavy atom. The Kier molecular flexibility index (Phi) is 3.84. The number of nitrogens with two attached hydrogens (primary N) is 1. The molecule has 5 nitrogen and oxygen atoms in total. The molecule has 1 saturated heterocycles. The van der Waals surface area contributed by atoms with E-state index in [1.807, 2.05) is 0 Å². The summed E-state index contributed by atoms with van der Waals surface area (Å²) in [4.78, 5) is 0. The zero-order chi connectivity index (χ0) is 11.6. The first-order chi connectivity index (χ1) is 7.57. The number of nitrogens with one attached hydrogen (secondary N) is 1. The average Bonchev–Trinajstić information content (AvgIpc) is 2.15. The van der Waals surface area contributed by atoms with Crippen LogP contribution in [0, 0.1) is 5.92 Å². The molecule has 1 saturated carbocycles. The molecule has 0 amide bonds. The maximum atomic E-state index is 11.6. The summed E-state index contributed by atoms with van der Waals surface area (Å²) in [6, 6.07) is 0.108. The van der Waals surface area contributed by atoms with Gasteiger partial charge in [-0.05, 0) is 44.7 Å². The van der Waals surface area contributed by atoms with Gasteiger partial charge in [0.2, 0.25) is 0 Å². The van der Waals surface area contributed by atoms with E-state index in [1.54, 1.807) is 0 Å². The Balaban J connectivity index is 2.00. The van der Waals surface area contributed by atoms with Crippen LogP contribution in [0.1, 0.15) is 32.1 Å². The third-order valence-electron chi connectivity index (χ3n) is 3.71. The lowest BCUT2D eigenvalue weighted by Gasteiger charge is -2.37. The normalized spacial score (nSPS) is 24.6. The molecule has 0 aromatic carbocycles. The lowest BCUT2D eigenvalue weighted by Crippen LogP contribution is -2.50. The first kappa shape index (κ1) is 12.3. The minimum absolute atomic E-state index is 0.108. The maximum Gasteiger partial charge on any atom is 0.277 e. The van der Waals surface area contributed by atoms with Crippen LogP contribution >= 0.6 is 0 Å². The maximum absolute atomic E-state index is 11.6. The second-order valence-corrected chi connectivity index (χ2v) is 6.39. The molecule has 1 heterocycles. The third-order valence-corrected chi connectivity index (χ3v) is 4.81. The topological polar surface area (TPSA) is 75.4 Å². The smallest absolute Gasteiger partial charge is 0.277 e. The Morgan fingerprint density at radius 2 is 1.81 bits per heavy atom. The van der Waals surface area contributed by atoms with Crippen molar-refractivity contribution in [3.8, 4) is 0 Å². The van der Waals surface area contributed by atoms with E-state index < -0.39 is 10.2 Å². The molecule has 6 heteroatoms. The van der Waals surface area contributed by atoms with Gasteiger partial charge in [0.1, 0.15) is 0 Å². The van der Waals surface area contributed by atoms with Crippen LogP contribution in [0.3, 0.4) is 0 Å². The Hall–Kier alpha value is -0.170. The highest BCUT2D eigenvalue weighted by molar-refractivity contribution is 7.86. The Bertz CT molecular complexity index is 321. The molecule has 0 radical (unpaired) electrons. The van der Waals surface area contributed by atoms with E-state index >= 15 is 0 Å². The van der Waals surface area contributed by atoms with Crippen molar-refractivity contribution in [2.75, 3.05) is 19.6 Å². The summed E-state index contributed by atoms with van der Waals surface area (Å²) < 4.78 is 24.7. The van der Waals surface area contributed by atoms with Gasteiger partial charge >= 0.3 is 0 Å². The van der Waals surface area contributed by atoms with Gasteiger partial charge in [0.25, 0.3) is 10.2 Å². The van der Waals surface area contributed by atoms with E-state index in [4.69, 9.17) is 5.14 Å². The highest BCUT2D eigenvalue weighted by Crippen LogP contribution is 2.29. The van der Waals surface area contributed by atoms with Crippen molar-refractivity contribution < 1.29 is 8.42 Å². The van der Waals surface area contributed by atoms with Crippen LogP contribution < -0.4 is 10.5 Å². The van der Waals surface area contributed by atoms with Crippen molar-refractivity contribution in [1.82, 2.24) is 9.62 Å². The van der Waals surface area contributed by atoms with Crippen molar-refractivity contribution in [2.45, 2.75) is 38.1 Å². The van der Waals surface area contributed by atoms with E-state index in [-0.39, 0.29) is 6.04 Å². The van der Waals surface area contributed by atoms with Crippen LogP contribution in [0.2, 0.25) is 0 Å². The minimum Gasteiger partial charge on any atom is -0.317 e. The number of rotatable bonds is 4. The molecule has 1 aliphatic carbocycles. The van der Waals surface area contributed by atoms with Crippen molar-refractivity contribution in [3.63, 3.8) is 0 Å². The molecule has 3 N–H and O–H groups in total. The van der Waals surface area contributed by atoms with Crippen molar-refractivity contribution in [2.24, 2.45) is 11.1 Å². The number of piperidine rings is 1. The average molecular weight is 247 g/mol. The van der Waals surface area contributed by atoms with Crippen LogP contribution in [0.25, 0.3) is 0 Å². The molecule has 1 aliphatic heterocycles. The monoisotopic (exact) mass is 247 g/mol. The van der Waals surface area contributed by atoms with Gasteiger partial charge in [-0.15, -0.1) is 0 Å². The summed E-state index contributed by atoms with van der Waals surface area (Å²) in [7, 11) is -3.53. The van der Waals surface area contributed by atoms with Crippen molar-refractivity contribution in [3.05, 3.63) is 0 Å². The summed E-state index contributed by atoms with van der Waals surface area (Å²) in [5, 5.41) is 8.56. The van der Waals surface area contributed by atoms with Gasteiger partial charge in [0, 0.05) is 12.6 Å². The zero-order valence-corrected chi connectivity index (χ0v) is 10.4. The van der Waals surface area contributed by atoms with E-state index in [0.29, 0.717) is 12.5 Å². The standard InChI is InChI=1S/C10H21N3O2S/c11-16(14,15)13(8-9-2-1-3-9)10-4-6-12-7-5-10/h9-10,12H,1-8H2,(H2,11,14,15). The van der Waals surface area contributed by atoms with Crippen LogP contribution in [-0.4, -0.2) is 38.4 Å². The molecule has 16 heavy (non-hydrogen) atoms. The van der Waals surface area contributed by atoms with Gasteiger partial charge in [0.15, 0.2) is 0 Å². The molecular formula is C10H21N3O2S. The molecule has 0 spiro atoms. The molecule has 2 fully saturated rings. The summed E-state index contributed by atoms with van der Waals surface area (Å²) >= 11 is 0. The molecular weight excluding hydrogens is 226 g/mol. The van der Waals surface area contributed by atoms with Crippen LogP contribution in [0.4, 0.5) is 0 Å². The van der Waals surface area contributed by atoms with E-state index in [1.165, 1.54) is 10.7 Å². The second-order valence-electron chi connectivity index (χ2n) is 4.89. The summed E-state index contributed by atoms with van der Waals surface area (Å²) in [5.41, 5.74) is 0. The first-order valence-electron chi connectivity index (χ1n) is 6.07. The van der Waals surface area contributed by atoms with Gasteiger partial charge < -0.3 is 5.32 Å². The van der Waals surface area contributed by atoms with Crippen molar-refractivity contribution >= 4 is 10.2 Å². The molecule has 0 bridgehead atoms. The molecule has 2 aliphatic rings. The predicted octanol–water partition coefficient (Wildman–Crippen LogP) is 0.0440. The van der Waals surface area contributed by atoms with Crippen LogP contribution in [0.5, 0.6) is 0 Å². The lowest BCUT2D eigenvalue weighted by atomic mass is 9.85. The van der Waals surface area contributed by atoms with Gasteiger partial charge in [-0.1, -0.05) is 6.42 Å². The van der Waals surface area contributed by atoms with Crippen molar-refractivity contribution in [1.29, 1.82) is 0 Å². The second kappa shape index (κ2) is 5.00. The van der Waals surface area contributed by atoms with Gasteiger partial charge in [-0.25, -0.2) is 5.14 Å². The number of hydrogen-bond acceptors (Lipinski definition) is 3. The molecule has 0 aromatic heterocycles. The SMILES string of the molecule is NS(=O)(=O)N(CC1CCC1)C1CCNCC1. The highest BCUT2D eigenvalue weighted by atomic mass is 32.2. The molecule has 94 valence electrons. The molecule has 0 unspecified atom stereocenters. The van der Waals surface area contributed by atoms with Crippen LogP contribution in [-0.2, 0) is 10.2 Å². The third kappa shape index (κ3) is 2.94.